The van der Waals surface area contributed by atoms with Crippen molar-refractivity contribution in [3.63, 3.8) is 0 Å². The summed E-state index contributed by atoms with van der Waals surface area (Å²) in [7, 11) is 0. The van der Waals surface area contributed by atoms with Crippen LogP contribution in [0, 0.1) is 0 Å². The Balaban J connectivity index is 1.94. The lowest BCUT2D eigenvalue weighted by molar-refractivity contribution is -0.118. The normalized spacial score (nSPS) is 36.3. The molecule has 0 aromatic rings. The van der Waals surface area contributed by atoms with Gasteiger partial charge in [0.05, 0.1) is 6.10 Å². The third-order valence-corrected chi connectivity index (χ3v) is 3.26. The van der Waals surface area contributed by atoms with Crippen molar-refractivity contribution >= 4 is 6.41 Å². The minimum absolute atomic E-state index is 0.111. The smallest absolute Gasteiger partial charge is 0.209 e. The molecule has 2 saturated heterocycles. The van der Waals surface area contributed by atoms with E-state index in [0.29, 0.717) is 0 Å². The molecule has 0 saturated carbocycles. The molecule has 1 N–H and O–H groups in total. The highest BCUT2D eigenvalue weighted by Crippen LogP contribution is 2.30. The Hall–Kier alpha value is -0.610. The second kappa shape index (κ2) is 2.96. The molecule has 4 heteroatoms. The van der Waals surface area contributed by atoms with Crippen LogP contribution in [0.4, 0.5) is 0 Å². The Morgan fingerprint density at radius 2 is 2.23 bits per heavy atom. The van der Waals surface area contributed by atoms with Crippen molar-refractivity contribution in [3.05, 3.63) is 0 Å². The van der Waals surface area contributed by atoms with Gasteiger partial charge in [-0.1, -0.05) is 0 Å². The number of aliphatic hydroxyl groups excluding tert-OH is 1. The molecular formula is C9H16N2O2. The highest BCUT2D eigenvalue weighted by Gasteiger charge is 2.43. The summed E-state index contributed by atoms with van der Waals surface area (Å²) in [5.74, 6) is 0. The molecule has 0 radical (unpaired) electrons. The van der Waals surface area contributed by atoms with Crippen molar-refractivity contribution in [1.82, 2.24) is 9.80 Å². The van der Waals surface area contributed by atoms with Crippen LogP contribution in [0.2, 0.25) is 0 Å². The van der Waals surface area contributed by atoms with Gasteiger partial charge in [0.1, 0.15) is 0 Å². The van der Waals surface area contributed by atoms with Crippen molar-refractivity contribution in [2.75, 3.05) is 26.2 Å². The molecule has 0 aromatic carbocycles. The molecule has 0 aromatic heterocycles. The number of hydrogen-bond acceptors (Lipinski definition) is 3. The molecule has 2 aliphatic rings. The summed E-state index contributed by atoms with van der Waals surface area (Å²) in [6.45, 7) is 5.37. The van der Waals surface area contributed by atoms with Crippen molar-refractivity contribution in [3.8, 4) is 0 Å². The largest absolute Gasteiger partial charge is 0.390 e. The summed E-state index contributed by atoms with van der Waals surface area (Å²) in [6, 6.07) is 0. The van der Waals surface area contributed by atoms with Crippen LogP contribution in [0.1, 0.15) is 13.3 Å². The number of hydrogen-bond donors (Lipinski definition) is 1. The van der Waals surface area contributed by atoms with Crippen LogP contribution < -0.4 is 0 Å². The first-order valence-corrected chi connectivity index (χ1v) is 4.76. The quantitative estimate of drug-likeness (QED) is 0.576. The van der Waals surface area contributed by atoms with E-state index in [0.717, 1.165) is 39.0 Å². The lowest BCUT2D eigenvalue weighted by atomic mass is 9.94. The Kier molecular flexibility index (Phi) is 2.04. The van der Waals surface area contributed by atoms with Gasteiger partial charge in [0.25, 0.3) is 0 Å². The summed E-state index contributed by atoms with van der Waals surface area (Å²) in [6.07, 6.45) is 1.79. The molecule has 74 valence electrons. The molecule has 1 amide bonds. The van der Waals surface area contributed by atoms with Crippen LogP contribution in [0.3, 0.4) is 0 Å². The molecule has 1 atom stereocenters. The van der Waals surface area contributed by atoms with Gasteiger partial charge in [-0.15, -0.1) is 0 Å². The number of rotatable bonds is 2. The average Bonchev–Trinajstić information content (AvgIpc) is 2.43. The number of likely N-dealkylation sites (tertiary alicyclic amines) is 2. The monoisotopic (exact) mass is 184 g/mol. The van der Waals surface area contributed by atoms with Crippen LogP contribution in [0.15, 0.2) is 0 Å². The third-order valence-electron chi connectivity index (χ3n) is 3.26. The summed E-state index contributed by atoms with van der Waals surface area (Å²) >= 11 is 0. The predicted octanol–water partition coefficient (Wildman–Crippen LogP) is -0.716. The second-order valence-corrected chi connectivity index (χ2v) is 4.38. The van der Waals surface area contributed by atoms with Gasteiger partial charge in [-0.3, -0.25) is 9.69 Å². The third kappa shape index (κ3) is 1.44. The Bertz CT molecular complexity index is 216. The topological polar surface area (TPSA) is 43.8 Å². The maximum absolute atomic E-state index is 10.5. The summed E-state index contributed by atoms with van der Waals surface area (Å²) in [4.78, 5) is 14.6. The molecule has 2 aliphatic heterocycles. The molecule has 2 rings (SSSR count). The first-order chi connectivity index (χ1) is 6.14. The van der Waals surface area contributed by atoms with E-state index in [1.807, 2.05) is 4.90 Å². The number of carbonyl (C=O) groups is 1. The van der Waals surface area contributed by atoms with Crippen molar-refractivity contribution in [2.24, 2.45) is 0 Å². The van der Waals surface area contributed by atoms with Gasteiger partial charge in [-0.2, -0.15) is 0 Å². The lowest BCUT2D eigenvalue weighted by Gasteiger charge is -2.47. The standard InChI is InChI=1S/C9H16N2O2/c1-9(11-4-8(13)5-11)2-3-10(6-9)7-12/h7-8,13H,2-6H2,1H3. The maximum atomic E-state index is 10.5. The molecule has 2 fully saturated rings. The fourth-order valence-corrected chi connectivity index (χ4v) is 2.22. The zero-order valence-corrected chi connectivity index (χ0v) is 7.94. The molecule has 4 nitrogen and oxygen atoms in total. The van der Waals surface area contributed by atoms with E-state index in [-0.39, 0.29) is 11.6 Å². The summed E-state index contributed by atoms with van der Waals surface area (Å²) in [5, 5.41) is 9.19. The highest BCUT2D eigenvalue weighted by atomic mass is 16.3. The Morgan fingerprint density at radius 1 is 1.54 bits per heavy atom. The number of nitrogens with zero attached hydrogens (tertiary/aromatic N) is 2. The van der Waals surface area contributed by atoms with Crippen LogP contribution in [0.25, 0.3) is 0 Å². The van der Waals surface area contributed by atoms with Crippen LogP contribution in [-0.4, -0.2) is 59.1 Å². The average molecular weight is 184 g/mol. The van der Waals surface area contributed by atoms with E-state index in [9.17, 15) is 9.90 Å². The van der Waals surface area contributed by atoms with Gasteiger partial charge in [0.15, 0.2) is 0 Å². The molecule has 0 bridgehead atoms. The van der Waals surface area contributed by atoms with E-state index in [1.54, 1.807) is 0 Å². The molecule has 13 heavy (non-hydrogen) atoms. The van der Waals surface area contributed by atoms with E-state index in [1.165, 1.54) is 0 Å². The van der Waals surface area contributed by atoms with E-state index in [4.69, 9.17) is 0 Å². The first-order valence-electron chi connectivity index (χ1n) is 4.76. The summed E-state index contributed by atoms with van der Waals surface area (Å²) < 4.78 is 0. The number of β-amino-alcohol motifs (C(OH)–C–C–N with tert-alkyl or cyclic N) is 1. The second-order valence-electron chi connectivity index (χ2n) is 4.38. The number of aliphatic hydroxyl groups is 1. The maximum Gasteiger partial charge on any atom is 0.209 e. The molecule has 2 heterocycles. The van der Waals surface area contributed by atoms with Crippen molar-refractivity contribution in [1.29, 1.82) is 0 Å². The number of carbonyl (C=O) groups excluding carboxylic acids is 1. The fourth-order valence-electron chi connectivity index (χ4n) is 2.22. The molecule has 0 spiro atoms. The SMILES string of the molecule is CC1(N2CC(O)C2)CCN(C=O)C1. The van der Waals surface area contributed by atoms with Gasteiger partial charge in [-0.25, -0.2) is 0 Å². The van der Waals surface area contributed by atoms with Crippen molar-refractivity contribution < 1.29 is 9.90 Å². The summed E-state index contributed by atoms with van der Waals surface area (Å²) in [5.41, 5.74) is 0.111. The van der Waals surface area contributed by atoms with E-state index >= 15 is 0 Å². The molecular weight excluding hydrogens is 168 g/mol. The first kappa shape index (κ1) is 8.97. The lowest BCUT2D eigenvalue weighted by Crippen LogP contribution is -2.61. The van der Waals surface area contributed by atoms with Gasteiger partial charge in [-0.05, 0) is 13.3 Å². The van der Waals surface area contributed by atoms with Gasteiger partial charge < -0.3 is 10.0 Å². The molecule has 1 unspecified atom stereocenters. The van der Waals surface area contributed by atoms with Crippen molar-refractivity contribution in [2.45, 2.75) is 25.0 Å². The minimum Gasteiger partial charge on any atom is -0.390 e. The molecule has 0 aliphatic carbocycles. The van der Waals surface area contributed by atoms with Crippen LogP contribution in [0.5, 0.6) is 0 Å². The van der Waals surface area contributed by atoms with Gasteiger partial charge >= 0.3 is 0 Å². The van der Waals surface area contributed by atoms with E-state index in [2.05, 4.69) is 11.8 Å². The van der Waals surface area contributed by atoms with Crippen LogP contribution in [-0.2, 0) is 4.79 Å². The van der Waals surface area contributed by atoms with Gasteiger partial charge in [0.2, 0.25) is 6.41 Å². The number of amides is 1. The van der Waals surface area contributed by atoms with Crippen LogP contribution >= 0.6 is 0 Å². The highest BCUT2D eigenvalue weighted by molar-refractivity contribution is 5.48. The van der Waals surface area contributed by atoms with E-state index < -0.39 is 0 Å². The van der Waals surface area contributed by atoms with Gasteiger partial charge in [0, 0.05) is 31.7 Å². The Morgan fingerprint density at radius 3 is 2.69 bits per heavy atom. The predicted molar refractivity (Wildman–Crippen MR) is 48.2 cm³/mol. The minimum atomic E-state index is -0.151. The zero-order valence-electron chi connectivity index (χ0n) is 7.94. The zero-order chi connectivity index (χ0) is 9.47. The Labute approximate surface area is 78.1 Å². The fraction of sp³-hybridized carbons (Fsp3) is 0.889.